The number of amides is 1. The number of benzene rings is 3. The van der Waals surface area contributed by atoms with Crippen LogP contribution in [-0.4, -0.2) is 23.7 Å². The SMILES string of the molecule is O=C1/C(=C\c2ccc3c(c2)Cc2ccccc2-3)SC(=S)N1NS(=O)(=O)c1ccccc1. The lowest BCUT2D eigenvalue weighted by molar-refractivity contribution is -0.123. The molecule has 0 bridgehead atoms. The average Bonchev–Trinajstić information content (AvgIpc) is 3.26. The lowest BCUT2D eigenvalue weighted by Gasteiger charge is -2.15. The van der Waals surface area contributed by atoms with Crippen molar-refractivity contribution < 1.29 is 13.2 Å². The molecule has 0 spiro atoms. The number of carbonyl (C=O) groups is 1. The number of carbonyl (C=O) groups excluding carboxylic acids is 1. The summed E-state index contributed by atoms with van der Waals surface area (Å²) in [5.41, 5.74) is 5.81. The van der Waals surface area contributed by atoms with Crippen LogP contribution in [0, 0.1) is 0 Å². The van der Waals surface area contributed by atoms with Crippen LogP contribution in [0.5, 0.6) is 0 Å². The van der Waals surface area contributed by atoms with Crippen molar-refractivity contribution in [3.8, 4) is 11.1 Å². The topological polar surface area (TPSA) is 66.5 Å². The third kappa shape index (κ3) is 3.72. The second-order valence-electron chi connectivity index (χ2n) is 7.18. The monoisotopic (exact) mass is 464 g/mol. The van der Waals surface area contributed by atoms with Gasteiger partial charge in [-0.25, -0.2) is 13.4 Å². The van der Waals surface area contributed by atoms with Gasteiger partial charge in [0.2, 0.25) is 0 Å². The minimum absolute atomic E-state index is 0.0613. The fourth-order valence-electron chi connectivity index (χ4n) is 3.73. The van der Waals surface area contributed by atoms with Crippen LogP contribution in [0.15, 0.2) is 82.6 Å². The van der Waals surface area contributed by atoms with Gasteiger partial charge in [0.15, 0.2) is 4.32 Å². The zero-order valence-corrected chi connectivity index (χ0v) is 18.6. The van der Waals surface area contributed by atoms with Gasteiger partial charge in [-0.15, -0.1) is 4.83 Å². The minimum atomic E-state index is -3.92. The molecule has 1 amide bonds. The van der Waals surface area contributed by atoms with Crippen LogP contribution in [-0.2, 0) is 21.2 Å². The number of nitrogens with one attached hydrogen (secondary N) is 1. The van der Waals surface area contributed by atoms with E-state index in [1.54, 1.807) is 24.3 Å². The molecule has 31 heavy (non-hydrogen) atoms. The number of thioether (sulfide) groups is 1. The summed E-state index contributed by atoms with van der Waals surface area (Å²) in [6.07, 6.45) is 2.60. The summed E-state index contributed by atoms with van der Waals surface area (Å²) < 4.78 is 25.3. The summed E-state index contributed by atoms with van der Waals surface area (Å²) in [5.74, 6) is -0.488. The van der Waals surface area contributed by atoms with Gasteiger partial charge in [0, 0.05) is 0 Å². The fraction of sp³-hybridized carbons (Fsp3) is 0.0435. The Morgan fingerprint density at radius 3 is 2.45 bits per heavy atom. The van der Waals surface area contributed by atoms with E-state index in [1.165, 1.54) is 34.4 Å². The van der Waals surface area contributed by atoms with E-state index in [4.69, 9.17) is 12.2 Å². The molecule has 1 N–H and O–H groups in total. The van der Waals surface area contributed by atoms with Crippen molar-refractivity contribution in [1.82, 2.24) is 9.84 Å². The second-order valence-corrected chi connectivity index (χ2v) is 10.5. The Morgan fingerprint density at radius 2 is 1.65 bits per heavy atom. The van der Waals surface area contributed by atoms with Gasteiger partial charge in [-0.05, 0) is 52.4 Å². The van der Waals surface area contributed by atoms with Crippen LogP contribution in [0.4, 0.5) is 0 Å². The molecule has 5 nitrogen and oxygen atoms in total. The Labute approximate surface area is 189 Å². The van der Waals surface area contributed by atoms with E-state index in [2.05, 4.69) is 29.1 Å². The van der Waals surface area contributed by atoms with Gasteiger partial charge >= 0.3 is 0 Å². The highest BCUT2D eigenvalue weighted by atomic mass is 32.2. The van der Waals surface area contributed by atoms with Crippen molar-refractivity contribution in [2.75, 3.05) is 0 Å². The Morgan fingerprint density at radius 1 is 0.935 bits per heavy atom. The molecule has 1 fully saturated rings. The summed E-state index contributed by atoms with van der Waals surface area (Å²) in [6.45, 7) is 0. The van der Waals surface area contributed by atoms with Gasteiger partial charge in [-0.3, -0.25) is 4.79 Å². The maximum absolute atomic E-state index is 12.9. The molecule has 8 heteroatoms. The highest BCUT2D eigenvalue weighted by Crippen LogP contribution is 2.38. The Kier molecular flexibility index (Phi) is 5.02. The average molecular weight is 465 g/mol. The molecular weight excluding hydrogens is 448 g/mol. The highest BCUT2D eigenvalue weighted by molar-refractivity contribution is 8.26. The molecule has 1 saturated heterocycles. The zero-order valence-electron chi connectivity index (χ0n) is 16.1. The maximum Gasteiger partial charge on any atom is 0.281 e. The van der Waals surface area contributed by atoms with E-state index in [0.29, 0.717) is 4.91 Å². The molecule has 0 radical (unpaired) electrons. The predicted octanol–water partition coefficient (Wildman–Crippen LogP) is 4.35. The van der Waals surface area contributed by atoms with Gasteiger partial charge < -0.3 is 0 Å². The van der Waals surface area contributed by atoms with Gasteiger partial charge in [-0.2, -0.15) is 0 Å². The quantitative estimate of drug-likeness (QED) is 0.359. The summed E-state index contributed by atoms with van der Waals surface area (Å²) in [7, 11) is -3.92. The van der Waals surface area contributed by atoms with Crippen molar-refractivity contribution in [2.45, 2.75) is 11.3 Å². The minimum Gasteiger partial charge on any atom is -0.267 e. The number of hydrazine groups is 1. The van der Waals surface area contributed by atoms with E-state index in [0.717, 1.165) is 28.8 Å². The fourth-order valence-corrected chi connectivity index (χ4v) is 6.06. The molecule has 2 aliphatic rings. The van der Waals surface area contributed by atoms with Crippen LogP contribution in [0.2, 0.25) is 0 Å². The lowest BCUT2D eigenvalue weighted by atomic mass is 10.0. The standard InChI is InChI=1S/C23H16N2O3S3/c26-22-21(30-23(29)25(22)24-31(27,28)18-7-2-1-3-8-18)13-15-10-11-20-17(12-15)14-16-6-4-5-9-19(16)20/h1-13,24H,14H2/b21-13+. The van der Waals surface area contributed by atoms with Crippen molar-refractivity contribution in [2.24, 2.45) is 0 Å². The summed E-state index contributed by atoms with van der Waals surface area (Å²) in [4.78, 5) is 15.6. The lowest BCUT2D eigenvalue weighted by Crippen LogP contribution is -2.44. The molecule has 1 aliphatic heterocycles. The molecule has 154 valence electrons. The van der Waals surface area contributed by atoms with E-state index >= 15 is 0 Å². The smallest absolute Gasteiger partial charge is 0.267 e. The van der Waals surface area contributed by atoms with E-state index in [1.807, 2.05) is 18.2 Å². The maximum atomic E-state index is 12.9. The number of thiocarbonyl (C=S) groups is 1. The number of hydrogen-bond donors (Lipinski definition) is 1. The molecular formula is C23H16N2O3S3. The van der Waals surface area contributed by atoms with Crippen LogP contribution in [0.3, 0.4) is 0 Å². The summed E-state index contributed by atoms with van der Waals surface area (Å²) in [5, 5.41) is 0.914. The molecule has 0 aromatic heterocycles. The summed E-state index contributed by atoms with van der Waals surface area (Å²) >= 11 is 6.33. The van der Waals surface area contributed by atoms with Crippen LogP contribution in [0.1, 0.15) is 16.7 Å². The number of sulfonamides is 1. The number of fused-ring (bicyclic) bond motifs is 3. The Bertz CT molecular complexity index is 1370. The third-order valence-corrected chi connectivity index (χ3v) is 7.79. The number of rotatable bonds is 4. The normalized spacial score (nSPS) is 16.6. The van der Waals surface area contributed by atoms with Crippen molar-refractivity contribution in [3.05, 3.63) is 94.4 Å². The van der Waals surface area contributed by atoms with Crippen molar-refractivity contribution in [3.63, 3.8) is 0 Å². The Balaban J connectivity index is 1.39. The van der Waals surface area contributed by atoms with Crippen molar-refractivity contribution >= 4 is 50.3 Å². The molecule has 3 aromatic carbocycles. The zero-order chi connectivity index (χ0) is 21.6. The predicted molar refractivity (Wildman–Crippen MR) is 126 cm³/mol. The number of hydrogen-bond acceptors (Lipinski definition) is 5. The molecule has 1 aliphatic carbocycles. The van der Waals surface area contributed by atoms with E-state index in [9.17, 15) is 13.2 Å². The molecule has 0 atom stereocenters. The molecule has 5 rings (SSSR count). The summed E-state index contributed by atoms with van der Waals surface area (Å²) in [6, 6.07) is 22.3. The first-order valence-electron chi connectivity index (χ1n) is 9.49. The van der Waals surface area contributed by atoms with Gasteiger partial charge in [0.1, 0.15) is 0 Å². The van der Waals surface area contributed by atoms with Gasteiger partial charge in [0.05, 0.1) is 9.80 Å². The van der Waals surface area contributed by atoms with E-state index in [-0.39, 0.29) is 9.22 Å². The number of nitrogens with zero attached hydrogens (tertiary/aromatic N) is 1. The van der Waals surface area contributed by atoms with E-state index < -0.39 is 15.9 Å². The largest absolute Gasteiger partial charge is 0.281 e. The first-order chi connectivity index (χ1) is 14.9. The highest BCUT2D eigenvalue weighted by Gasteiger charge is 2.35. The Hall–Kier alpha value is -2.78. The van der Waals surface area contributed by atoms with Crippen molar-refractivity contribution in [1.29, 1.82) is 0 Å². The molecule has 0 unspecified atom stereocenters. The van der Waals surface area contributed by atoms with Crippen LogP contribution < -0.4 is 4.83 Å². The van der Waals surface area contributed by atoms with Crippen LogP contribution >= 0.6 is 24.0 Å². The van der Waals surface area contributed by atoms with Crippen LogP contribution in [0.25, 0.3) is 17.2 Å². The second kappa shape index (κ2) is 7.72. The third-order valence-electron chi connectivity index (χ3n) is 5.17. The first kappa shape index (κ1) is 20.1. The molecule has 0 saturated carbocycles. The first-order valence-corrected chi connectivity index (χ1v) is 12.2. The molecule has 3 aromatic rings. The van der Waals surface area contributed by atoms with Gasteiger partial charge in [-0.1, -0.05) is 84.6 Å². The molecule has 1 heterocycles. The van der Waals surface area contributed by atoms with Gasteiger partial charge in [0.25, 0.3) is 15.9 Å².